The summed E-state index contributed by atoms with van der Waals surface area (Å²) in [6, 6.07) is 13.1. The Morgan fingerprint density at radius 2 is 1.65 bits per heavy atom. The van der Waals surface area contributed by atoms with Gasteiger partial charge in [0.1, 0.15) is 11.9 Å². The van der Waals surface area contributed by atoms with Crippen molar-refractivity contribution in [3.8, 4) is 5.75 Å². The van der Waals surface area contributed by atoms with E-state index < -0.39 is 0 Å². The number of ether oxygens (including phenoxy) is 1. The maximum absolute atomic E-state index is 6.14. The van der Waals surface area contributed by atoms with Crippen molar-refractivity contribution in [1.82, 2.24) is 5.32 Å². The second kappa shape index (κ2) is 7.19. The van der Waals surface area contributed by atoms with E-state index in [4.69, 9.17) is 39.5 Å². The lowest BCUT2D eigenvalue weighted by Gasteiger charge is -2.20. The van der Waals surface area contributed by atoms with Gasteiger partial charge in [0.2, 0.25) is 0 Å². The lowest BCUT2D eigenvalue weighted by molar-refractivity contribution is 0.205. The van der Waals surface area contributed by atoms with Gasteiger partial charge in [-0.3, -0.25) is 0 Å². The average Bonchev–Trinajstić information content (AvgIpc) is 2.45. The van der Waals surface area contributed by atoms with E-state index in [0.717, 1.165) is 5.56 Å². The van der Waals surface area contributed by atoms with Gasteiger partial charge in [-0.1, -0.05) is 65.1 Å². The van der Waals surface area contributed by atoms with Gasteiger partial charge in [-0.05, 0) is 18.7 Å². The summed E-state index contributed by atoms with van der Waals surface area (Å²) in [7, 11) is 1.87. The normalized spacial score (nSPS) is 12.2. The molecule has 5 heteroatoms. The zero-order valence-corrected chi connectivity index (χ0v) is 13.1. The van der Waals surface area contributed by atoms with Crippen molar-refractivity contribution in [2.45, 2.75) is 6.10 Å². The molecule has 1 N–H and O–H groups in total. The predicted octanol–water partition coefficient (Wildman–Crippen LogP) is 4.99. The minimum atomic E-state index is -0.157. The molecule has 0 aliphatic carbocycles. The zero-order valence-electron chi connectivity index (χ0n) is 10.9. The molecule has 106 valence electrons. The Labute approximate surface area is 133 Å². The first-order valence-electron chi connectivity index (χ1n) is 6.12. The molecule has 0 spiro atoms. The SMILES string of the molecule is CNCC(Oc1cc(Cl)c(Cl)cc1Cl)c1ccccc1. The molecule has 0 saturated carbocycles. The van der Waals surface area contributed by atoms with Gasteiger partial charge in [-0.2, -0.15) is 0 Å². The molecule has 0 amide bonds. The van der Waals surface area contributed by atoms with Gasteiger partial charge in [-0.25, -0.2) is 0 Å². The molecular formula is C15H14Cl3NO. The van der Waals surface area contributed by atoms with E-state index in [-0.39, 0.29) is 6.10 Å². The van der Waals surface area contributed by atoms with Crippen LogP contribution in [0.3, 0.4) is 0 Å². The monoisotopic (exact) mass is 329 g/mol. The highest BCUT2D eigenvalue weighted by molar-refractivity contribution is 6.43. The Bertz CT molecular complexity index is 575. The van der Waals surface area contributed by atoms with Crippen LogP contribution in [0.5, 0.6) is 5.75 Å². The largest absolute Gasteiger partial charge is 0.483 e. The van der Waals surface area contributed by atoms with Crippen molar-refractivity contribution in [2.24, 2.45) is 0 Å². The number of benzene rings is 2. The summed E-state index contributed by atoms with van der Waals surface area (Å²) in [5, 5.41) is 4.38. The van der Waals surface area contributed by atoms with Gasteiger partial charge in [0.05, 0.1) is 15.1 Å². The lowest BCUT2D eigenvalue weighted by atomic mass is 10.1. The summed E-state index contributed by atoms with van der Waals surface area (Å²) >= 11 is 18.1. The maximum Gasteiger partial charge on any atom is 0.140 e. The Balaban J connectivity index is 2.27. The number of hydrogen-bond donors (Lipinski definition) is 1. The molecule has 2 rings (SSSR count). The molecule has 1 unspecified atom stereocenters. The van der Waals surface area contributed by atoms with Crippen LogP contribution in [0.15, 0.2) is 42.5 Å². The second-order valence-electron chi connectivity index (χ2n) is 4.27. The van der Waals surface area contributed by atoms with Crippen LogP contribution in [0.4, 0.5) is 0 Å². The molecule has 0 bridgehead atoms. The predicted molar refractivity (Wildman–Crippen MR) is 85.2 cm³/mol. The van der Waals surface area contributed by atoms with Crippen molar-refractivity contribution < 1.29 is 4.74 Å². The highest BCUT2D eigenvalue weighted by atomic mass is 35.5. The number of nitrogens with one attached hydrogen (secondary N) is 1. The first kappa shape index (κ1) is 15.5. The van der Waals surface area contributed by atoms with Crippen LogP contribution in [-0.4, -0.2) is 13.6 Å². The summed E-state index contributed by atoms with van der Waals surface area (Å²) < 4.78 is 5.97. The molecule has 0 radical (unpaired) electrons. The highest BCUT2D eigenvalue weighted by Gasteiger charge is 2.15. The van der Waals surface area contributed by atoms with Crippen molar-refractivity contribution in [1.29, 1.82) is 0 Å². The third kappa shape index (κ3) is 3.80. The molecule has 2 aromatic carbocycles. The summed E-state index contributed by atoms with van der Waals surface area (Å²) in [6.07, 6.45) is -0.157. The minimum absolute atomic E-state index is 0.157. The molecule has 2 aromatic rings. The van der Waals surface area contributed by atoms with Crippen LogP contribution in [0.2, 0.25) is 15.1 Å². The molecule has 20 heavy (non-hydrogen) atoms. The van der Waals surface area contributed by atoms with E-state index in [1.165, 1.54) is 0 Å². The first-order valence-corrected chi connectivity index (χ1v) is 7.26. The summed E-state index contributed by atoms with van der Waals surface area (Å²) in [4.78, 5) is 0. The summed E-state index contributed by atoms with van der Waals surface area (Å²) in [5.74, 6) is 0.519. The fourth-order valence-corrected chi connectivity index (χ4v) is 2.41. The molecule has 0 saturated heterocycles. The van der Waals surface area contributed by atoms with Crippen LogP contribution < -0.4 is 10.1 Å². The van der Waals surface area contributed by atoms with Crippen molar-refractivity contribution in [3.63, 3.8) is 0 Å². The van der Waals surface area contributed by atoms with Crippen molar-refractivity contribution in [2.75, 3.05) is 13.6 Å². The molecule has 0 aliphatic heterocycles. The number of hydrogen-bond acceptors (Lipinski definition) is 2. The van der Waals surface area contributed by atoms with E-state index in [1.807, 2.05) is 37.4 Å². The van der Waals surface area contributed by atoms with Crippen LogP contribution >= 0.6 is 34.8 Å². The van der Waals surface area contributed by atoms with Crippen LogP contribution in [0.25, 0.3) is 0 Å². The summed E-state index contributed by atoms with van der Waals surface area (Å²) in [6.45, 7) is 0.653. The standard InChI is InChI=1S/C15H14Cl3NO/c1-19-9-15(10-5-3-2-4-6-10)20-14-8-12(17)11(16)7-13(14)18/h2-8,15,19H,9H2,1H3. The Morgan fingerprint density at radius 1 is 1.00 bits per heavy atom. The van der Waals surface area contributed by atoms with Gasteiger partial charge in [-0.15, -0.1) is 0 Å². The quantitative estimate of drug-likeness (QED) is 0.780. The molecule has 1 atom stereocenters. The maximum atomic E-state index is 6.14. The zero-order chi connectivity index (χ0) is 14.5. The molecule has 2 nitrogen and oxygen atoms in total. The third-order valence-electron chi connectivity index (χ3n) is 2.80. The topological polar surface area (TPSA) is 21.3 Å². The smallest absolute Gasteiger partial charge is 0.140 e. The van der Waals surface area contributed by atoms with E-state index in [1.54, 1.807) is 12.1 Å². The van der Waals surface area contributed by atoms with E-state index in [2.05, 4.69) is 5.32 Å². The van der Waals surface area contributed by atoms with Crippen LogP contribution in [-0.2, 0) is 0 Å². The van der Waals surface area contributed by atoms with Crippen LogP contribution in [0, 0.1) is 0 Å². The van der Waals surface area contributed by atoms with E-state index >= 15 is 0 Å². The van der Waals surface area contributed by atoms with E-state index in [9.17, 15) is 0 Å². The first-order chi connectivity index (χ1) is 9.61. The second-order valence-corrected chi connectivity index (χ2v) is 5.49. The molecular weight excluding hydrogens is 317 g/mol. The number of likely N-dealkylation sites (N-methyl/N-ethyl adjacent to an activating group) is 1. The lowest BCUT2D eigenvalue weighted by Crippen LogP contribution is -2.22. The van der Waals surface area contributed by atoms with Crippen LogP contribution in [0.1, 0.15) is 11.7 Å². The number of halogens is 3. The van der Waals surface area contributed by atoms with E-state index in [0.29, 0.717) is 27.4 Å². The van der Waals surface area contributed by atoms with Gasteiger partial charge < -0.3 is 10.1 Å². The highest BCUT2D eigenvalue weighted by Crippen LogP contribution is 2.36. The molecule has 0 aromatic heterocycles. The average molecular weight is 331 g/mol. The molecule has 0 fully saturated rings. The Kier molecular flexibility index (Phi) is 5.55. The van der Waals surface area contributed by atoms with Gasteiger partial charge in [0.15, 0.2) is 0 Å². The number of rotatable bonds is 5. The minimum Gasteiger partial charge on any atom is -0.483 e. The Hall–Kier alpha value is -0.930. The van der Waals surface area contributed by atoms with Crippen molar-refractivity contribution in [3.05, 3.63) is 63.1 Å². The van der Waals surface area contributed by atoms with Crippen molar-refractivity contribution >= 4 is 34.8 Å². The molecule has 0 aliphatic rings. The van der Waals surface area contributed by atoms with Gasteiger partial charge in [0, 0.05) is 12.6 Å². The third-order valence-corrected chi connectivity index (χ3v) is 3.82. The fraction of sp³-hybridized carbons (Fsp3) is 0.200. The van der Waals surface area contributed by atoms with Gasteiger partial charge >= 0.3 is 0 Å². The Morgan fingerprint density at radius 3 is 2.30 bits per heavy atom. The van der Waals surface area contributed by atoms with Gasteiger partial charge in [0.25, 0.3) is 0 Å². The fourth-order valence-electron chi connectivity index (χ4n) is 1.83. The summed E-state index contributed by atoms with van der Waals surface area (Å²) in [5.41, 5.74) is 1.06. The molecule has 0 heterocycles.